The van der Waals surface area contributed by atoms with E-state index in [-0.39, 0.29) is 12.6 Å². The van der Waals surface area contributed by atoms with Gasteiger partial charge in [0.15, 0.2) is 17.1 Å². The highest BCUT2D eigenvalue weighted by Crippen LogP contribution is 2.38. The van der Waals surface area contributed by atoms with Crippen LogP contribution in [0.1, 0.15) is 5.76 Å². The summed E-state index contributed by atoms with van der Waals surface area (Å²) in [4.78, 5) is 10.5. The van der Waals surface area contributed by atoms with E-state index in [9.17, 15) is 5.26 Å². The smallest absolute Gasteiger partial charge is 0.232 e. The summed E-state index contributed by atoms with van der Waals surface area (Å²) in [7, 11) is 3.70. The number of hydrogen-bond acceptors (Lipinski definition) is 6. The number of furan rings is 1. The molecule has 0 spiro atoms. The van der Waals surface area contributed by atoms with Crippen molar-refractivity contribution < 1.29 is 13.9 Å². The Morgan fingerprint density at radius 1 is 1.20 bits per heavy atom. The van der Waals surface area contributed by atoms with Gasteiger partial charge in [0.05, 0.1) is 6.34 Å². The van der Waals surface area contributed by atoms with Gasteiger partial charge in [-0.3, -0.25) is 0 Å². The Hall–Kier alpha value is -3.53. The van der Waals surface area contributed by atoms with Gasteiger partial charge in [0, 0.05) is 25.9 Å². The van der Waals surface area contributed by atoms with Crippen LogP contribution < -0.4 is 9.47 Å². The molecule has 1 aliphatic rings. The second-order valence-corrected chi connectivity index (χ2v) is 5.74. The molecule has 0 radical (unpaired) electrons. The van der Waals surface area contributed by atoms with Crippen LogP contribution in [0.3, 0.4) is 0 Å². The molecule has 0 bridgehead atoms. The van der Waals surface area contributed by atoms with Crippen LogP contribution in [-0.4, -0.2) is 37.1 Å². The number of nitriles is 1. The first-order valence-corrected chi connectivity index (χ1v) is 7.59. The molecular weight excluding hydrogens is 320 g/mol. The number of ether oxygens (including phenoxy) is 2. The third-order valence-corrected chi connectivity index (χ3v) is 3.73. The fourth-order valence-corrected chi connectivity index (χ4v) is 2.57. The minimum Gasteiger partial charge on any atom is -0.454 e. The molecule has 0 fully saturated rings. The Bertz CT molecular complexity index is 1030. The summed E-state index contributed by atoms with van der Waals surface area (Å²) in [5.41, 5.74) is 3.28. The largest absolute Gasteiger partial charge is 0.454 e. The highest BCUT2D eigenvalue weighted by Gasteiger charge is 2.17. The van der Waals surface area contributed by atoms with Gasteiger partial charge in [0.25, 0.3) is 0 Å². The molecule has 0 N–H and O–H groups in total. The lowest BCUT2D eigenvalue weighted by Gasteiger charge is -2.03. The molecule has 0 atom stereocenters. The quantitative estimate of drug-likeness (QED) is 0.540. The summed E-state index contributed by atoms with van der Waals surface area (Å²) < 4.78 is 16.4. The number of aromatic nitrogens is 1. The maximum atomic E-state index is 9.29. The first-order chi connectivity index (χ1) is 12.2. The lowest BCUT2D eigenvalue weighted by molar-refractivity contribution is 0.174. The minimum atomic E-state index is 0.142. The van der Waals surface area contributed by atoms with E-state index in [1.54, 1.807) is 17.4 Å². The number of fused-ring (bicyclic) bond motifs is 2. The second-order valence-electron chi connectivity index (χ2n) is 5.74. The predicted octanol–water partition coefficient (Wildman–Crippen LogP) is 3.32. The zero-order valence-electron chi connectivity index (χ0n) is 13.7. The van der Waals surface area contributed by atoms with Gasteiger partial charge in [-0.1, -0.05) is 6.07 Å². The van der Waals surface area contributed by atoms with Crippen molar-refractivity contribution in [1.82, 2.24) is 9.88 Å². The van der Waals surface area contributed by atoms with Gasteiger partial charge in [-0.2, -0.15) is 5.26 Å². The van der Waals surface area contributed by atoms with E-state index in [0.717, 1.165) is 16.9 Å². The Balaban J connectivity index is 1.80. The SMILES string of the molecule is CN(C)C=Nc1c(C#N)oc2cc(-c3ccc4c(c3)OCO4)cnc12. The summed E-state index contributed by atoms with van der Waals surface area (Å²) in [6.45, 7) is 0.229. The number of hydrogen-bond donors (Lipinski definition) is 0. The molecule has 3 aromatic rings. The minimum absolute atomic E-state index is 0.142. The summed E-state index contributed by atoms with van der Waals surface area (Å²) in [5.74, 6) is 1.57. The summed E-state index contributed by atoms with van der Waals surface area (Å²) in [6, 6.07) is 9.55. The van der Waals surface area contributed by atoms with Crippen LogP contribution in [0.25, 0.3) is 22.2 Å². The highest BCUT2D eigenvalue weighted by atomic mass is 16.7. The monoisotopic (exact) mass is 334 g/mol. The molecular formula is C18H14N4O3. The van der Waals surface area contributed by atoms with E-state index in [4.69, 9.17) is 13.9 Å². The van der Waals surface area contributed by atoms with Crippen molar-refractivity contribution in [2.24, 2.45) is 4.99 Å². The van der Waals surface area contributed by atoms with Crippen molar-refractivity contribution >= 4 is 23.1 Å². The van der Waals surface area contributed by atoms with E-state index < -0.39 is 0 Å². The van der Waals surface area contributed by atoms with Gasteiger partial charge in [0.2, 0.25) is 12.6 Å². The van der Waals surface area contributed by atoms with Crippen LogP contribution in [0.5, 0.6) is 11.5 Å². The second kappa shape index (κ2) is 5.83. The Labute approximate surface area is 143 Å². The lowest BCUT2D eigenvalue weighted by Crippen LogP contribution is -2.07. The number of rotatable bonds is 3. The standard InChI is InChI=1S/C18H14N4O3/c1-22(2)9-21-18-16(7-19)25-15-6-12(8-20-17(15)18)11-3-4-13-14(5-11)24-10-23-13/h3-6,8-9H,10H2,1-2H3. The molecule has 0 saturated carbocycles. The summed E-state index contributed by atoms with van der Waals surface area (Å²) >= 11 is 0. The van der Waals surface area contributed by atoms with Gasteiger partial charge in [-0.05, 0) is 23.8 Å². The fraction of sp³-hybridized carbons (Fsp3) is 0.167. The van der Waals surface area contributed by atoms with Crippen LogP contribution in [0.2, 0.25) is 0 Å². The average Bonchev–Trinajstić information content (AvgIpc) is 3.22. The van der Waals surface area contributed by atoms with Crippen LogP contribution in [-0.2, 0) is 0 Å². The maximum absolute atomic E-state index is 9.29. The van der Waals surface area contributed by atoms with Crippen molar-refractivity contribution in [3.63, 3.8) is 0 Å². The number of benzene rings is 1. The molecule has 1 aromatic carbocycles. The molecule has 0 amide bonds. The third-order valence-electron chi connectivity index (χ3n) is 3.73. The molecule has 3 heterocycles. The van der Waals surface area contributed by atoms with Crippen LogP contribution in [0.4, 0.5) is 5.69 Å². The van der Waals surface area contributed by atoms with Crippen molar-refractivity contribution in [1.29, 1.82) is 5.26 Å². The molecule has 2 aromatic heterocycles. The number of aliphatic imine (C=N–C) groups is 1. The van der Waals surface area contributed by atoms with Crippen LogP contribution in [0, 0.1) is 11.3 Å². The normalized spacial score (nSPS) is 12.7. The molecule has 124 valence electrons. The molecule has 0 unspecified atom stereocenters. The van der Waals surface area contributed by atoms with Gasteiger partial charge in [-0.25, -0.2) is 9.98 Å². The van der Waals surface area contributed by atoms with Crippen molar-refractivity contribution in [3.05, 3.63) is 36.2 Å². The van der Waals surface area contributed by atoms with Gasteiger partial charge in [0.1, 0.15) is 17.3 Å². The van der Waals surface area contributed by atoms with E-state index in [2.05, 4.69) is 9.98 Å². The number of pyridine rings is 1. The molecule has 0 aliphatic carbocycles. The lowest BCUT2D eigenvalue weighted by atomic mass is 10.1. The number of nitrogens with zero attached hydrogens (tertiary/aromatic N) is 4. The zero-order valence-corrected chi connectivity index (χ0v) is 13.7. The molecule has 4 rings (SSSR count). The fourth-order valence-electron chi connectivity index (χ4n) is 2.57. The van der Waals surface area contributed by atoms with E-state index in [1.165, 1.54) is 0 Å². The first kappa shape index (κ1) is 15.0. The Kier molecular flexibility index (Phi) is 3.51. The zero-order chi connectivity index (χ0) is 17.4. The molecule has 7 nitrogen and oxygen atoms in total. The Morgan fingerprint density at radius 2 is 2.04 bits per heavy atom. The molecule has 0 saturated heterocycles. The van der Waals surface area contributed by atoms with E-state index in [1.807, 2.05) is 44.4 Å². The van der Waals surface area contributed by atoms with Gasteiger partial charge in [-0.15, -0.1) is 0 Å². The molecule has 1 aliphatic heterocycles. The van der Waals surface area contributed by atoms with Gasteiger partial charge < -0.3 is 18.8 Å². The Morgan fingerprint density at radius 3 is 2.84 bits per heavy atom. The predicted molar refractivity (Wildman–Crippen MR) is 92.1 cm³/mol. The van der Waals surface area contributed by atoms with Crippen molar-refractivity contribution in [3.8, 4) is 28.7 Å². The first-order valence-electron chi connectivity index (χ1n) is 7.59. The van der Waals surface area contributed by atoms with E-state index >= 15 is 0 Å². The van der Waals surface area contributed by atoms with Crippen LogP contribution >= 0.6 is 0 Å². The molecule has 25 heavy (non-hydrogen) atoms. The third kappa shape index (κ3) is 2.64. The van der Waals surface area contributed by atoms with Gasteiger partial charge >= 0.3 is 0 Å². The average molecular weight is 334 g/mol. The maximum Gasteiger partial charge on any atom is 0.232 e. The molecule has 7 heteroatoms. The topological polar surface area (TPSA) is 83.9 Å². The van der Waals surface area contributed by atoms with Crippen LogP contribution in [0.15, 0.2) is 39.9 Å². The van der Waals surface area contributed by atoms with Crippen molar-refractivity contribution in [2.45, 2.75) is 0 Å². The summed E-state index contributed by atoms with van der Waals surface area (Å²) in [5, 5.41) is 9.29. The highest BCUT2D eigenvalue weighted by molar-refractivity contribution is 5.92. The van der Waals surface area contributed by atoms with Crippen molar-refractivity contribution in [2.75, 3.05) is 20.9 Å². The summed E-state index contributed by atoms with van der Waals surface area (Å²) in [6.07, 6.45) is 3.34. The van der Waals surface area contributed by atoms with E-state index in [0.29, 0.717) is 22.5 Å².